The fourth-order valence-corrected chi connectivity index (χ4v) is 3.53. The molecule has 1 amide bonds. The number of hydrogen-bond acceptors (Lipinski definition) is 5. The summed E-state index contributed by atoms with van der Waals surface area (Å²) in [6, 6.07) is 0. The van der Waals surface area contributed by atoms with Crippen LogP contribution in [0.1, 0.15) is 32.6 Å². The number of aliphatic carboxylic acids is 1. The highest BCUT2D eigenvalue weighted by atomic mass is 32.2. The first-order valence-electron chi connectivity index (χ1n) is 7.15. The van der Waals surface area contributed by atoms with E-state index >= 15 is 0 Å². The number of nitrogens with zero attached hydrogens (tertiary/aromatic N) is 1. The summed E-state index contributed by atoms with van der Waals surface area (Å²) in [5.74, 6) is -1.95. The normalized spacial score (nSPS) is 19.5. The predicted molar refractivity (Wildman–Crippen MR) is 76.8 cm³/mol. The fraction of sp³-hybridized carbons (Fsp3) is 0.846. The lowest BCUT2D eigenvalue weighted by Crippen LogP contribution is -2.48. The average molecular weight is 321 g/mol. The second-order valence-electron chi connectivity index (χ2n) is 5.23. The zero-order chi connectivity index (χ0) is 15.9. The van der Waals surface area contributed by atoms with Crippen molar-refractivity contribution in [3.63, 3.8) is 0 Å². The van der Waals surface area contributed by atoms with Gasteiger partial charge in [-0.05, 0) is 6.42 Å². The number of carbonyl (C=O) groups is 2. The monoisotopic (exact) mass is 321 g/mol. The molecule has 0 aliphatic carbocycles. The smallest absolute Gasteiger partial charge is 0.306 e. The van der Waals surface area contributed by atoms with Gasteiger partial charge in [-0.3, -0.25) is 9.59 Å². The predicted octanol–water partition coefficient (Wildman–Crippen LogP) is 0.294. The Kier molecular flexibility index (Phi) is 7.10. The standard InChI is InChI=1S/C13H23NO6S/c1-2-3-4-7-21(18,19)10-12(15)14-5-6-20-11(9-14)8-13(16)17/h11H,2-10H2,1H3,(H,16,17). The Morgan fingerprint density at radius 3 is 2.67 bits per heavy atom. The van der Waals surface area contributed by atoms with Crippen molar-refractivity contribution < 1.29 is 27.9 Å². The summed E-state index contributed by atoms with van der Waals surface area (Å²) >= 11 is 0. The van der Waals surface area contributed by atoms with E-state index in [1.165, 1.54) is 4.90 Å². The van der Waals surface area contributed by atoms with E-state index < -0.39 is 33.6 Å². The number of amides is 1. The van der Waals surface area contributed by atoms with Gasteiger partial charge in [0.25, 0.3) is 0 Å². The van der Waals surface area contributed by atoms with Crippen LogP contribution < -0.4 is 0 Å². The van der Waals surface area contributed by atoms with Gasteiger partial charge in [-0.1, -0.05) is 19.8 Å². The minimum absolute atomic E-state index is 0.0233. The Morgan fingerprint density at radius 1 is 1.33 bits per heavy atom. The molecule has 0 aromatic carbocycles. The van der Waals surface area contributed by atoms with Crippen molar-refractivity contribution in [2.75, 3.05) is 31.2 Å². The van der Waals surface area contributed by atoms with Gasteiger partial charge in [0.05, 0.1) is 24.9 Å². The number of carboxylic acid groups (broad SMARTS) is 1. The third kappa shape index (κ3) is 6.90. The van der Waals surface area contributed by atoms with Crippen molar-refractivity contribution in [2.24, 2.45) is 0 Å². The highest BCUT2D eigenvalue weighted by Gasteiger charge is 2.28. The Bertz CT molecular complexity index is 461. The molecule has 1 heterocycles. The molecular formula is C13H23NO6S. The number of carbonyl (C=O) groups excluding carboxylic acids is 1. The molecule has 122 valence electrons. The summed E-state index contributed by atoms with van der Waals surface area (Å²) in [7, 11) is -3.39. The van der Waals surface area contributed by atoms with Crippen molar-refractivity contribution >= 4 is 21.7 Å². The first kappa shape index (κ1) is 17.9. The van der Waals surface area contributed by atoms with Crippen molar-refractivity contribution in [2.45, 2.75) is 38.7 Å². The molecule has 0 radical (unpaired) electrons. The van der Waals surface area contributed by atoms with Gasteiger partial charge in [-0.2, -0.15) is 0 Å². The number of morpholine rings is 1. The average Bonchev–Trinajstić information content (AvgIpc) is 2.37. The molecule has 1 aliphatic rings. The van der Waals surface area contributed by atoms with Gasteiger partial charge in [-0.25, -0.2) is 8.42 Å². The molecule has 1 rings (SSSR count). The zero-order valence-electron chi connectivity index (χ0n) is 12.3. The maximum absolute atomic E-state index is 12.0. The van der Waals surface area contributed by atoms with Gasteiger partial charge in [0.15, 0.2) is 9.84 Å². The van der Waals surface area contributed by atoms with E-state index in [1.54, 1.807) is 0 Å². The fourth-order valence-electron chi connectivity index (χ4n) is 2.19. The SMILES string of the molecule is CCCCCS(=O)(=O)CC(=O)N1CCOC(CC(=O)O)C1. The largest absolute Gasteiger partial charge is 0.481 e. The van der Waals surface area contributed by atoms with E-state index in [0.29, 0.717) is 13.0 Å². The quantitative estimate of drug-likeness (QED) is 0.645. The van der Waals surface area contributed by atoms with Gasteiger partial charge in [0.2, 0.25) is 5.91 Å². The summed E-state index contributed by atoms with van der Waals surface area (Å²) < 4.78 is 28.9. The molecule has 0 aromatic rings. The van der Waals surface area contributed by atoms with E-state index in [4.69, 9.17) is 9.84 Å². The number of unbranched alkanes of at least 4 members (excludes halogenated alkanes) is 2. The maximum atomic E-state index is 12.0. The van der Waals surface area contributed by atoms with Crippen molar-refractivity contribution in [3.05, 3.63) is 0 Å². The molecule has 0 spiro atoms. The molecule has 0 saturated carbocycles. The van der Waals surface area contributed by atoms with Crippen LogP contribution in [0, 0.1) is 0 Å². The molecule has 0 aromatic heterocycles. The summed E-state index contributed by atoms with van der Waals surface area (Å²) in [4.78, 5) is 24.0. The lowest BCUT2D eigenvalue weighted by molar-refractivity contribution is -0.146. The van der Waals surface area contributed by atoms with Crippen LogP contribution in [0.2, 0.25) is 0 Å². The van der Waals surface area contributed by atoms with Gasteiger partial charge in [0.1, 0.15) is 5.75 Å². The third-order valence-electron chi connectivity index (χ3n) is 3.30. The molecule has 8 heteroatoms. The Hall–Kier alpha value is -1.15. The molecule has 21 heavy (non-hydrogen) atoms. The van der Waals surface area contributed by atoms with Crippen molar-refractivity contribution in [3.8, 4) is 0 Å². The highest BCUT2D eigenvalue weighted by Crippen LogP contribution is 2.10. The molecule has 1 unspecified atom stereocenters. The highest BCUT2D eigenvalue weighted by molar-refractivity contribution is 7.92. The third-order valence-corrected chi connectivity index (χ3v) is 4.89. The van der Waals surface area contributed by atoms with Crippen LogP contribution in [-0.2, 0) is 24.2 Å². The van der Waals surface area contributed by atoms with Gasteiger partial charge in [-0.15, -0.1) is 0 Å². The molecule has 1 saturated heterocycles. The first-order chi connectivity index (χ1) is 9.84. The number of carboxylic acids is 1. The van der Waals surface area contributed by atoms with Crippen LogP contribution in [-0.4, -0.2) is 67.6 Å². The number of rotatable bonds is 8. The lowest BCUT2D eigenvalue weighted by Gasteiger charge is -2.32. The molecule has 7 nitrogen and oxygen atoms in total. The molecular weight excluding hydrogens is 298 g/mol. The summed E-state index contributed by atoms with van der Waals surface area (Å²) in [5, 5.41) is 8.72. The summed E-state index contributed by atoms with van der Waals surface area (Å²) in [6.45, 7) is 2.66. The van der Waals surface area contributed by atoms with Crippen LogP contribution in [0.3, 0.4) is 0 Å². The second kappa shape index (κ2) is 8.33. The first-order valence-corrected chi connectivity index (χ1v) is 8.98. The van der Waals surface area contributed by atoms with E-state index in [9.17, 15) is 18.0 Å². The topological polar surface area (TPSA) is 101 Å². The molecule has 1 fully saturated rings. The Balaban J connectivity index is 2.48. The van der Waals surface area contributed by atoms with Gasteiger partial charge in [0, 0.05) is 13.1 Å². The van der Waals surface area contributed by atoms with E-state index in [-0.39, 0.29) is 25.3 Å². The minimum Gasteiger partial charge on any atom is -0.481 e. The van der Waals surface area contributed by atoms with Crippen LogP contribution in [0.15, 0.2) is 0 Å². The van der Waals surface area contributed by atoms with Crippen LogP contribution in [0.5, 0.6) is 0 Å². The van der Waals surface area contributed by atoms with Gasteiger partial charge < -0.3 is 14.7 Å². The molecule has 1 aliphatic heterocycles. The summed E-state index contributed by atoms with van der Waals surface area (Å²) in [6.07, 6.45) is 1.56. The van der Waals surface area contributed by atoms with Crippen molar-refractivity contribution in [1.82, 2.24) is 4.90 Å². The van der Waals surface area contributed by atoms with E-state index in [2.05, 4.69) is 0 Å². The number of ether oxygens (including phenoxy) is 1. The Morgan fingerprint density at radius 2 is 2.05 bits per heavy atom. The molecule has 0 bridgehead atoms. The van der Waals surface area contributed by atoms with Crippen molar-refractivity contribution in [1.29, 1.82) is 0 Å². The number of hydrogen-bond donors (Lipinski definition) is 1. The second-order valence-corrected chi connectivity index (χ2v) is 7.41. The van der Waals surface area contributed by atoms with Gasteiger partial charge >= 0.3 is 5.97 Å². The molecule has 1 atom stereocenters. The van der Waals surface area contributed by atoms with Crippen LogP contribution in [0.4, 0.5) is 0 Å². The van der Waals surface area contributed by atoms with E-state index in [0.717, 1.165) is 12.8 Å². The number of sulfone groups is 1. The summed E-state index contributed by atoms with van der Waals surface area (Å²) in [5.41, 5.74) is 0. The lowest BCUT2D eigenvalue weighted by atomic mass is 10.2. The maximum Gasteiger partial charge on any atom is 0.306 e. The molecule has 1 N–H and O–H groups in total. The Labute approximate surface area is 125 Å². The van der Waals surface area contributed by atoms with Crippen LogP contribution in [0.25, 0.3) is 0 Å². The van der Waals surface area contributed by atoms with Crippen LogP contribution >= 0.6 is 0 Å². The minimum atomic E-state index is -3.39. The van der Waals surface area contributed by atoms with E-state index in [1.807, 2.05) is 6.92 Å². The zero-order valence-corrected chi connectivity index (χ0v) is 13.1.